The van der Waals surface area contributed by atoms with E-state index < -0.39 is 10.0 Å². The Morgan fingerprint density at radius 2 is 2.10 bits per heavy atom. The van der Waals surface area contributed by atoms with Gasteiger partial charge < -0.3 is 5.73 Å². The van der Waals surface area contributed by atoms with Crippen molar-refractivity contribution in [2.75, 3.05) is 31.9 Å². The summed E-state index contributed by atoms with van der Waals surface area (Å²) in [6, 6.07) is 5.01. The molecule has 1 fully saturated rings. The van der Waals surface area contributed by atoms with Crippen molar-refractivity contribution in [3.05, 3.63) is 22.7 Å². The monoisotopic (exact) mass is 361 g/mol. The van der Waals surface area contributed by atoms with Gasteiger partial charge in [0.25, 0.3) is 0 Å². The van der Waals surface area contributed by atoms with Crippen LogP contribution in [0, 0.1) is 0 Å². The molecule has 112 valence electrons. The van der Waals surface area contributed by atoms with E-state index >= 15 is 0 Å². The highest BCUT2D eigenvalue weighted by atomic mass is 79.9. The Bertz CT molecular complexity index is 591. The zero-order valence-corrected chi connectivity index (χ0v) is 14.1. The molecule has 1 aromatic rings. The van der Waals surface area contributed by atoms with Crippen LogP contribution in [-0.2, 0) is 10.0 Å². The molecule has 1 heterocycles. The smallest absolute Gasteiger partial charge is 0.243 e. The molecular weight excluding hydrogens is 342 g/mol. The Balaban J connectivity index is 2.25. The molecule has 1 unspecified atom stereocenters. The van der Waals surface area contributed by atoms with E-state index in [1.807, 2.05) is 0 Å². The van der Waals surface area contributed by atoms with E-state index in [0.29, 0.717) is 23.2 Å². The van der Waals surface area contributed by atoms with E-state index in [0.717, 1.165) is 13.1 Å². The lowest BCUT2D eigenvalue weighted by molar-refractivity contribution is 0.135. The first-order valence-electron chi connectivity index (χ1n) is 6.65. The Hall–Kier alpha value is -0.630. The van der Waals surface area contributed by atoms with Crippen molar-refractivity contribution in [2.45, 2.75) is 24.8 Å². The number of likely N-dealkylation sites (N-methyl/N-ethyl adjacent to an activating group) is 1. The maximum absolute atomic E-state index is 12.6. The van der Waals surface area contributed by atoms with Crippen LogP contribution in [-0.4, -0.2) is 49.8 Å². The summed E-state index contributed by atoms with van der Waals surface area (Å²) in [5.74, 6) is 0. The zero-order chi connectivity index (χ0) is 14.9. The fourth-order valence-electron chi connectivity index (χ4n) is 2.48. The van der Waals surface area contributed by atoms with Gasteiger partial charge in [-0.3, -0.25) is 4.90 Å². The van der Waals surface area contributed by atoms with Gasteiger partial charge in [0.1, 0.15) is 0 Å². The molecule has 0 aromatic heterocycles. The molecule has 0 radical (unpaired) electrons. The summed E-state index contributed by atoms with van der Waals surface area (Å²) in [7, 11) is -3.46. The molecule has 7 heteroatoms. The first-order chi connectivity index (χ1) is 9.36. The minimum absolute atomic E-state index is 0.233. The minimum atomic E-state index is -3.46. The lowest BCUT2D eigenvalue weighted by Crippen LogP contribution is -2.53. The lowest BCUT2D eigenvalue weighted by Gasteiger charge is -2.38. The highest BCUT2D eigenvalue weighted by molar-refractivity contribution is 9.10. The quantitative estimate of drug-likeness (QED) is 0.832. The number of piperazine rings is 1. The molecule has 0 aliphatic carbocycles. The molecule has 1 aromatic carbocycles. The molecule has 0 amide bonds. The topological polar surface area (TPSA) is 66.6 Å². The summed E-state index contributed by atoms with van der Waals surface area (Å²) in [5, 5.41) is 0. The van der Waals surface area contributed by atoms with Crippen molar-refractivity contribution in [3.63, 3.8) is 0 Å². The van der Waals surface area contributed by atoms with E-state index in [2.05, 4.69) is 34.7 Å². The van der Waals surface area contributed by atoms with Gasteiger partial charge in [0.2, 0.25) is 10.0 Å². The van der Waals surface area contributed by atoms with Crippen LogP contribution in [0.2, 0.25) is 0 Å². The number of rotatable bonds is 3. The Kier molecular flexibility index (Phi) is 4.73. The van der Waals surface area contributed by atoms with E-state index in [1.165, 1.54) is 6.07 Å². The van der Waals surface area contributed by atoms with Gasteiger partial charge in [-0.05, 0) is 47.6 Å². The first kappa shape index (κ1) is 15.8. The number of nitrogens with two attached hydrogens (primary N) is 1. The summed E-state index contributed by atoms with van der Waals surface area (Å²) < 4.78 is 27.5. The van der Waals surface area contributed by atoms with Crippen LogP contribution < -0.4 is 5.73 Å². The number of benzene rings is 1. The van der Waals surface area contributed by atoms with Crippen LogP contribution in [0.25, 0.3) is 0 Å². The van der Waals surface area contributed by atoms with Crippen molar-refractivity contribution in [2.24, 2.45) is 0 Å². The van der Waals surface area contributed by atoms with E-state index in [4.69, 9.17) is 5.73 Å². The van der Waals surface area contributed by atoms with Gasteiger partial charge in [-0.1, -0.05) is 6.92 Å². The number of hydrogen-bond donors (Lipinski definition) is 1. The molecular formula is C13H20BrN3O2S. The number of anilines is 1. The lowest BCUT2D eigenvalue weighted by atomic mass is 10.2. The summed E-state index contributed by atoms with van der Waals surface area (Å²) in [5.41, 5.74) is 6.22. The minimum Gasteiger partial charge on any atom is -0.398 e. The molecule has 1 aliphatic heterocycles. The van der Waals surface area contributed by atoms with Crippen LogP contribution in [0.1, 0.15) is 13.8 Å². The number of nitrogens with zero attached hydrogens (tertiary/aromatic N) is 2. The van der Waals surface area contributed by atoms with E-state index in [1.54, 1.807) is 16.4 Å². The molecule has 2 rings (SSSR count). The summed E-state index contributed by atoms with van der Waals surface area (Å²) in [4.78, 5) is 2.54. The average molecular weight is 362 g/mol. The maximum atomic E-state index is 12.6. The van der Waals surface area contributed by atoms with Crippen LogP contribution in [0.15, 0.2) is 27.6 Å². The largest absolute Gasteiger partial charge is 0.398 e. The van der Waals surface area contributed by atoms with Gasteiger partial charge in [-0.2, -0.15) is 4.31 Å². The third-order valence-corrected chi connectivity index (χ3v) is 6.32. The number of sulfonamides is 1. The molecule has 1 aliphatic rings. The second-order valence-corrected chi connectivity index (χ2v) is 7.82. The van der Waals surface area contributed by atoms with Crippen molar-refractivity contribution >= 4 is 31.6 Å². The first-order valence-corrected chi connectivity index (χ1v) is 8.88. The average Bonchev–Trinajstić information content (AvgIpc) is 2.41. The second kappa shape index (κ2) is 6.01. The number of halogens is 1. The van der Waals surface area contributed by atoms with Gasteiger partial charge in [-0.25, -0.2) is 8.42 Å². The molecule has 2 N–H and O–H groups in total. The number of nitrogen functional groups attached to an aromatic ring is 1. The SMILES string of the molecule is CCN1CCN(S(=O)(=O)c2ccc(Br)c(N)c2)CC1C. The van der Waals surface area contributed by atoms with Gasteiger partial charge in [0.05, 0.1) is 4.90 Å². The van der Waals surface area contributed by atoms with Crippen LogP contribution >= 0.6 is 15.9 Å². The molecule has 0 spiro atoms. The number of hydrogen-bond acceptors (Lipinski definition) is 4. The fraction of sp³-hybridized carbons (Fsp3) is 0.538. The molecule has 0 saturated carbocycles. The Morgan fingerprint density at radius 1 is 1.40 bits per heavy atom. The van der Waals surface area contributed by atoms with Crippen molar-refractivity contribution < 1.29 is 8.42 Å². The van der Waals surface area contributed by atoms with Crippen LogP contribution in [0.5, 0.6) is 0 Å². The van der Waals surface area contributed by atoms with Gasteiger partial charge in [0.15, 0.2) is 0 Å². The molecule has 5 nitrogen and oxygen atoms in total. The predicted molar refractivity (Wildman–Crippen MR) is 84.0 cm³/mol. The Morgan fingerprint density at radius 3 is 2.65 bits per heavy atom. The molecule has 0 bridgehead atoms. The third-order valence-electron chi connectivity index (χ3n) is 3.74. The normalized spacial score (nSPS) is 22.1. The van der Waals surface area contributed by atoms with Gasteiger partial charge in [0, 0.05) is 35.8 Å². The van der Waals surface area contributed by atoms with E-state index in [-0.39, 0.29) is 10.9 Å². The van der Waals surface area contributed by atoms with Crippen molar-refractivity contribution in [1.82, 2.24) is 9.21 Å². The zero-order valence-electron chi connectivity index (χ0n) is 11.7. The van der Waals surface area contributed by atoms with Crippen LogP contribution in [0.4, 0.5) is 5.69 Å². The summed E-state index contributed by atoms with van der Waals surface area (Å²) >= 11 is 3.28. The highest BCUT2D eigenvalue weighted by Gasteiger charge is 2.31. The van der Waals surface area contributed by atoms with Crippen molar-refractivity contribution in [3.8, 4) is 0 Å². The molecule has 20 heavy (non-hydrogen) atoms. The predicted octanol–water partition coefficient (Wildman–Crippen LogP) is 1.75. The maximum Gasteiger partial charge on any atom is 0.243 e. The van der Waals surface area contributed by atoms with E-state index in [9.17, 15) is 8.42 Å². The van der Waals surface area contributed by atoms with Gasteiger partial charge >= 0.3 is 0 Å². The Labute approximate surface area is 128 Å². The van der Waals surface area contributed by atoms with Crippen LogP contribution in [0.3, 0.4) is 0 Å². The van der Waals surface area contributed by atoms with Crippen molar-refractivity contribution in [1.29, 1.82) is 0 Å². The molecule has 1 saturated heterocycles. The highest BCUT2D eigenvalue weighted by Crippen LogP contribution is 2.26. The second-order valence-electron chi connectivity index (χ2n) is 5.02. The third kappa shape index (κ3) is 3.00. The molecule has 1 atom stereocenters. The standard InChI is InChI=1S/C13H20BrN3O2S/c1-3-16-6-7-17(9-10(16)2)20(18,19)11-4-5-12(14)13(15)8-11/h4-5,8,10H,3,6-7,9,15H2,1-2H3. The van der Waals surface area contributed by atoms with Gasteiger partial charge in [-0.15, -0.1) is 0 Å². The summed E-state index contributed by atoms with van der Waals surface area (Å²) in [6.45, 7) is 6.91. The fourth-order valence-corrected chi connectivity index (χ4v) is 4.28. The summed E-state index contributed by atoms with van der Waals surface area (Å²) in [6.07, 6.45) is 0.